The van der Waals surface area contributed by atoms with Gasteiger partial charge in [-0.05, 0) is 24.3 Å². The van der Waals surface area contributed by atoms with Crippen LogP contribution in [0.5, 0.6) is 0 Å². The Bertz CT molecular complexity index is 1080. The first-order chi connectivity index (χ1) is 10.7. The summed E-state index contributed by atoms with van der Waals surface area (Å²) >= 11 is 4.73. The lowest BCUT2D eigenvalue weighted by molar-refractivity contribution is 0.571. The SMILES string of the molecule is O=c1c(=Cc2ccc(-c3cccc(Br)c3)o2)sc2ncnn12. The molecule has 0 radical (unpaired) electrons. The number of aromatic nitrogens is 3. The van der Waals surface area contributed by atoms with Crippen molar-refractivity contribution in [2.24, 2.45) is 0 Å². The Balaban J connectivity index is 1.78. The molecule has 5 nitrogen and oxygen atoms in total. The maximum absolute atomic E-state index is 12.1. The summed E-state index contributed by atoms with van der Waals surface area (Å²) in [4.78, 5) is 16.7. The van der Waals surface area contributed by atoms with E-state index in [-0.39, 0.29) is 5.56 Å². The van der Waals surface area contributed by atoms with E-state index >= 15 is 0 Å². The summed E-state index contributed by atoms with van der Waals surface area (Å²) in [5, 5.41) is 3.89. The number of fused-ring (bicyclic) bond motifs is 1. The van der Waals surface area contributed by atoms with Gasteiger partial charge in [-0.3, -0.25) is 4.79 Å². The van der Waals surface area contributed by atoms with Gasteiger partial charge in [0.2, 0.25) is 4.96 Å². The highest BCUT2D eigenvalue weighted by molar-refractivity contribution is 9.10. The molecule has 7 heteroatoms. The summed E-state index contributed by atoms with van der Waals surface area (Å²) in [5.41, 5.74) is 0.789. The number of hydrogen-bond acceptors (Lipinski definition) is 5. The van der Waals surface area contributed by atoms with Gasteiger partial charge in [0, 0.05) is 16.1 Å². The Morgan fingerprint density at radius 3 is 3.00 bits per heavy atom. The molecule has 108 valence electrons. The van der Waals surface area contributed by atoms with E-state index in [1.165, 1.54) is 22.2 Å². The van der Waals surface area contributed by atoms with E-state index < -0.39 is 0 Å². The van der Waals surface area contributed by atoms with E-state index in [1.807, 2.05) is 36.4 Å². The van der Waals surface area contributed by atoms with Crippen LogP contribution in [-0.2, 0) is 0 Å². The summed E-state index contributed by atoms with van der Waals surface area (Å²) in [6.07, 6.45) is 3.08. The van der Waals surface area contributed by atoms with Crippen molar-refractivity contribution in [3.8, 4) is 11.3 Å². The number of furan rings is 1. The highest BCUT2D eigenvalue weighted by Gasteiger charge is 2.07. The molecule has 1 aromatic carbocycles. The van der Waals surface area contributed by atoms with E-state index in [9.17, 15) is 4.79 Å². The van der Waals surface area contributed by atoms with Crippen molar-refractivity contribution in [3.63, 3.8) is 0 Å². The summed E-state index contributed by atoms with van der Waals surface area (Å²) in [6, 6.07) is 11.6. The zero-order chi connectivity index (χ0) is 15.1. The van der Waals surface area contributed by atoms with Crippen LogP contribution in [0.2, 0.25) is 0 Å². The molecule has 3 heterocycles. The number of thiazole rings is 1. The lowest BCUT2D eigenvalue weighted by Crippen LogP contribution is -2.23. The molecule has 0 aliphatic carbocycles. The highest BCUT2D eigenvalue weighted by Crippen LogP contribution is 2.25. The number of rotatable bonds is 2. The molecular weight excluding hydrogens is 366 g/mol. The van der Waals surface area contributed by atoms with Crippen LogP contribution < -0.4 is 10.1 Å². The first-order valence-corrected chi connectivity index (χ1v) is 8.02. The third kappa shape index (κ3) is 2.28. The van der Waals surface area contributed by atoms with Crippen molar-refractivity contribution in [3.05, 3.63) is 67.8 Å². The van der Waals surface area contributed by atoms with E-state index in [1.54, 1.807) is 6.08 Å². The largest absolute Gasteiger partial charge is 0.457 e. The number of nitrogens with zero attached hydrogens (tertiary/aromatic N) is 3. The van der Waals surface area contributed by atoms with Crippen molar-refractivity contribution in [1.29, 1.82) is 0 Å². The van der Waals surface area contributed by atoms with Crippen LogP contribution in [0.4, 0.5) is 0 Å². The molecule has 3 aromatic heterocycles. The third-order valence-electron chi connectivity index (χ3n) is 3.13. The van der Waals surface area contributed by atoms with Gasteiger partial charge in [-0.1, -0.05) is 39.4 Å². The Morgan fingerprint density at radius 2 is 2.18 bits per heavy atom. The molecule has 0 aliphatic rings. The van der Waals surface area contributed by atoms with Crippen molar-refractivity contribution in [2.75, 3.05) is 0 Å². The van der Waals surface area contributed by atoms with Gasteiger partial charge >= 0.3 is 0 Å². The Hall–Kier alpha value is -2.25. The first-order valence-electron chi connectivity index (χ1n) is 6.41. The van der Waals surface area contributed by atoms with E-state index in [0.717, 1.165) is 15.8 Å². The highest BCUT2D eigenvalue weighted by atomic mass is 79.9. The fourth-order valence-corrected chi connectivity index (χ4v) is 3.40. The second-order valence-electron chi connectivity index (χ2n) is 4.58. The monoisotopic (exact) mass is 373 g/mol. The van der Waals surface area contributed by atoms with Crippen LogP contribution in [0.25, 0.3) is 22.4 Å². The second-order valence-corrected chi connectivity index (χ2v) is 6.51. The average molecular weight is 374 g/mol. The predicted octanol–water partition coefficient (Wildman–Crippen LogP) is 2.72. The quantitative estimate of drug-likeness (QED) is 0.541. The molecular formula is C15H8BrN3O2S. The molecule has 22 heavy (non-hydrogen) atoms. The molecule has 4 aromatic rings. The van der Waals surface area contributed by atoms with Crippen LogP contribution in [0, 0.1) is 0 Å². The maximum atomic E-state index is 12.1. The number of hydrogen-bond donors (Lipinski definition) is 0. The zero-order valence-corrected chi connectivity index (χ0v) is 13.5. The van der Waals surface area contributed by atoms with Gasteiger partial charge in [0.25, 0.3) is 5.56 Å². The minimum absolute atomic E-state index is 0.182. The van der Waals surface area contributed by atoms with Gasteiger partial charge in [-0.2, -0.15) is 9.61 Å². The van der Waals surface area contributed by atoms with Crippen LogP contribution in [0.1, 0.15) is 5.76 Å². The molecule has 0 amide bonds. The van der Waals surface area contributed by atoms with Gasteiger partial charge in [0.05, 0.1) is 0 Å². The van der Waals surface area contributed by atoms with Crippen LogP contribution in [-0.4, -0.2) is 14.6 Å². The lowest BCUT2D eigenvalue weighted by atomic mass is 10.2. The molecule has 0 spiro atoms. The summed E-state index contributed by atoms with van der Waals surface area (Å²) < 4.78 is 8.62. The second kappa shape index (κ2) is 5.19. The minimum atomic E-state index is -0.182. The molecule has 0 aliphatic heterocycles. The van der Waals surface area contributed by atoms with Crippen molar-refractivity contribution < 1.29 is 4.42 Å². The van der Waals surface area contributed by atoms with E-state index in [2.05, 4.69) is 26.0 Å². The Labute approximate surface area is 136 Å². The average Bonchev–Trinajstić information content (AvgIpc) is 3.20. The molecule has 4 rings (SSSR count). The fraction of sp³-hybridized carbons (Fsp3) is 0. The molecule has 0 bridgehead atoms. The lowest BCUT2D eigenvalue weighted by Gasteiger charge is -1.96. The molecule has 0 fully saturated rings. The topological polar surface area (TPSA) is 60.4 Å². The van der Waals surface area contributed by atoms with Gasteiger partial charge in [-0.25, -0.2) is 4.98 Å². The molecule has 0 saturated carbocycles. The van der Waals surface area contributed by atoms with Crippen LogP contribution >= 0.6 is 27.3 Å². The van der Waals surface area contributed by atoms with Gasteiger partial charge < -0.3 is 4.42 Å². The summed E-state index contributed by atoms with van der Waals surface area (Å²) in [5.74, 6) is 1.37. The summed E-state index contributed by atoms with van der Waals surface area (Å²) in [7, 11) is 0. The Morgan fingerprint density at radius 1 is 1.27 bits per heavy atom. The molecule has 0 saturated heterocycles. The van der Waals surface area contributed by atoms with Crippen molar-refractivity contribution in [2.45, 2.75) is 0 Å². The predicted molar refractivity (Wildman–Crippen MR) is 87.8 cm³/mol. The maximum Gasteiger partial charge on any atom is 0.291 e. The first kappa shape index (κ1) is 13.4. The number of halogens is 1. The van der Waals surface area contributed by atoms with Crippen LogP contribution in [0.3, 0.4) is 0 Å². The standard InChI is InChI=1S/C15H8BrN3O2S/c16-10-3-1-2-9(6-10)12-5-4-11(21-12)7-13-14(20)19-15(22-13)17-8-18-19/h1-8H. The third-order valence-corrected chi connectivity index (χ3v) is 4.60. The fourth-order valence-electron chi connectivity index (χ4n) is 2.13. The van der Waals surface area contributed by atoms with E-state index in [4.69, 9.17) is 4.42 Å². The normalized spacial score (nSPS) is 12.3. The van der Waals surface area contributed by atoms with Gasteiger partial charge in [0.15, 0.2) is 0 Å². The van der Waals surface area contributed by atoms with Gasteiger partial charge in [-0.15, -0.1) is 0 Å². The minimum Gasteiger partial charge on any atom is -0.457 e. The van der Waals surface area contributed by atoms with Crippen molar-refractivity contribution in [1.82, 2.24) is 14.6 Å². The molecule has 0 N–H and O–H groups in total. The van der Waals surface area contributed by atoms with E-state index in [0.29, 0.717) is 15.3 Å². The summed E-state index contributed by atoms with van der Waals surface area (Å²) in [6.45, 7) is 0. The van der Waals surface area contributed by atoms with Gasteiger partial charge in [0.1, 0.15) is 22.4 Å². The molecule has 0 atom stereocenters. The smallest absolute Gasteiger partial charge is 0.291 e. The zero-order valence-electron chi connectivity index (χ0n) is 11.1. The Kier molecular flexibility index (Phi) is 3.16. The molecule has 0 unspecified atom stereocenters. The van der Waals surface area contributed by atoms with Crippen LogP contribution in [0.15, 0.2) is 56.4 Å². The number of benzene rings is 1. The van der Waals surface area contributed by atoms with Crippen molar-refractivity contribution >= 4 is 38.3 Å².